The number of benzene rings is 1. The van der Waals surface area contributed by atoms with Gasteiger partial charge in [0.15, 0.2) is 5.58 Å². The highest BCUT2D eigenvalue weighted by Gasteiger charge is 2.28. The molecule has 2 N–H and O–H groups in total. The predicted octanol–water partition coefficient (Wildman–Crippen LogP) is 0.104. The highest BCUT2D eigenvalue weighted by atomic mass is 32.2. The van der Waals surface area contributed by atoms with Gasteiger partial charge in [-0.1, -0.05) is 0 Å². The molecule has 1 atom stereocenters. The summed E-state index contributed by atoms with van der Waals surface area (Å²) in [6, 6.07) is 4.51. The fourth-order valence-electron chi connectivity index (χ4n) is 2.36. The molecule has 0 amide bonds. The number of aromatic nitrogens is 1. The van der Waals surface area contributed by atoms with Crippen LogP contribution in [-0.4, -0.2) is 43.4 Å². The number of sulfonamides is 1. The minimum Gasteiger partial charge on any atom is -0.408 e. The van der Waals surface area contributed by atoms with Crippen molar-refractivity contribution in [2.24, 2.45) is 0 Å². The van der Waals surface area contributed by atoms with E-state index in [0.29, 0.717) is 30.7 Å². The highest BCUT2D eigenvalue weighted by molar-refractivity contribution is 7.89. The predicted molar refractivity (Wildman–Crippen MR) is 73.1 cm³/mol. The summed E-state index contributed by atoms with van der Waals surface area (Å²) in [5, 5.41) is 3.20. The maximum absolute atomic E-state index is 12.6. The molecule has 1 aliphatic rings. The molecule has 1 saturated heterocycles. The number of oxazole rings is 1. The Balaban J connectivity index is 2.01. The molecule has 1 fully saturated rings. The zero-order chi connectivity index (χ0) is 14.3. The molecular weight excluding hydrogens is 282 g/mol. The quantitative estimate of drug-likeness (QED) is 0.820. The first kappa shape index (κ1) is 13.3. The number of aromatic amines is 1. The third-order valence-electron chi connectivity index (χ3n) is 3.36. The second kappa shape index (κ2) is 4.72. The van der Waals surface area contributed by atoms with E-state index in [-0.39, 0.29) is 10.9 Å². The van der Waals surface area contributed by atoms with Gasteiger partial charge in [0.1, 0.15) is 0 Å². The van der Waals surface area contributed by atoms with Crippen molar-refractivity contribution in [1.82, 2.24) is 14.6 Å². The van der Waals surface area contributed by atoms with E-state index in [0.717, 1.165) is 0 Å². The van der Waals surface area contributed by atoms with Gasteiger partial charge in [-0.05, 0) is 25.1 Å². The molecule has 8 heteroatoms. The third-order valence-corrected chi connectivity index (χ3v) is 5.22. The summed E-state index contributed by atoms with van der Waals surface area (Å²) in [7, 11) is -3.55. The van der Waals surface area contributed by atoms with E-state index in [9.17, 15) is 13.2 Å². The number of H-pyrrole nitrogens is 1. The molecule has 3 rings (SSSR count). The lowest BCUT2D eigenvalue weighted by molar-refractivity contribution is 0.310. The van der Waals surface area contributed by atoms with Crippen LogP contribution in [0, 0.1) is 0 Å². The second-order valence-electron chi connectivity index (χ2n) is 4.89. The summed E-state index contributed by atoms with van der Waals surface area (Å²) in [6.07, 6.45) is 0. The fraction of sp³-hybridized carbons (Fsp3) is 0.417. The van der Waals surface area contributed by atoms with Crippen molar-refractivity contribution >= 4 is 21.1 Å². The molecule has 7 nitrogen and oxygen atoms in total. The van der Waals surface area contributed by atoms with Crippen LogP contribution >= 0.6 is 0 Å². The van der Waals surface area contributed by atoms with Gasteiger partial charge in [-0.15, -0.1) is 0 Å². The molecule has 2 aromatic rings. The molecule has 0 bridgehead atoms. The molecule has 0 saturated carbocycles. The monoisotopic (exact) mass is 297 g/mol. The van der Waals surface area contributed by atoms with Crippen LogP contribution in [0.4, 0.5) is 0 Å². The smallest absolute Gasteiger partial charge is 0.408 e. The highest BCUT2D eigenvalue weighted by Crippen LogP contribution is 2.21. The molecule has 1 unspecified atom stereocenters. The molecule has 2 heterocycles. The molecule has 0 radical (unpaired) electrons. The summed E-state index contributed by atoms with van der Waals surface area (Å²) in [4.78, 5) is 13.7. The second-order valence-corrected chi connectivity index (χ2v) is 6.83. The minimum atomic E-state index is -3.55. The van der Waals surface area contributed by atoms with Crippen molar-refractivity contribution < 1.29 is 12.8 Å². The van der Waals surface area contributed by atoms with Gasteiger partial charge in [-0.25, -0.2) is 13.2 Å². The van der Waals surface area contributed by atoms with Crippen LogP contribution in [0.2, 0.25) is 0 Å². The number of piperazine rings is 1. The number of hydrogen-bond donors (Lipinski definition) is 2. The number of hydrogen-bond acceptors (Lipinski definition) is 5. The number of fused-ring (bicyclic) bond motifs is 1. The van der Waals surface area contributed by atoms with E-state index in [4.69, 9.17) is 4.42 Å². The van der Waals surface area contributed by atoms with Gasteiger partial charge in [0.2, 0.25) is 10.0 Å². The lowest BCUT2D eigenvalue weighted by Crippen LogP contribution is -2.51. The Morgan fingerprint density at radius 2 is 2.20 bits per heavy atom. The maximum atomic E-state index is 12.6. The van der Waals surface area contributed by atoms with Gasteiger partial charge in [-0.3, -0.25) is 4.98 Å². The van der Waals surface area contributed by atoms with Crippen molar-refractivity contribution in [3.63, 3.8) is 0 Å². The molecule has 1 aliphatic heterocycles. The Hall–Kier alpha value is -1.64. The van der Waals surface area contributed by atoms with E-state index in [2.05, 4.69) is 10.3 Å². The third kappa shape index (κ3) is 2.26. The minimum absolute atomic E-state index is 0.121. The van der Waals surface area contributed by atoms with E-state index >= 15 is 0 Å². The van der Waals surface area contributed by atoms with Crippen LogP contribution in [0.25, 0.3) is 11.1 Å². The van der Waals surface area contributed by atoms with Crippen LogP contribution in [0.3, 0.4) is 0 Å². The molecule has 108 valence electrons. The Bertz CT molecular complexity index is 792. The van der Waals surface area contributed by atoms with Crippen LogP contribution < -0.4 is 11.1 Å². The van der Waals surface area contributed by atoms with Gasteiger partial charge in [0, 0.05) is 25.7 Å². The first-order valence-corrected chi connectivity index (χ1v) is 7.77. The van der Waals surface area contributed by atoms with E-state index in [1.54, 1.807) is 0 Å². The van der Waals surface area contributed by atoms with E-state index in [1.165, 1.54) is 22.5 Å². The molecule has 0 aliphatic carbocycles. The molecular formula is C12H15N3O4S. The van der Waals surface area contributed by atoms with Crippen LogP contribution in [0.5, 0.6) is 0 Å². The van der Waals surface area contributed by atoms with Crippen LogP contribution in [-0.2, 0) is 10.0 Å². The average molecular weight is 297 g/mol. The van der Waals surface area contributed by atoms with Gasteiger partial charge in [0.05, 0.1) is 10.4 Å². The average Bonchev–Trinajstić information content (AvgIpc) is 2.77. The lowest BCUT2D eigenvalue weighted by Gasteiger charge is -2.30. The molecule has 1 aromatic heterocycles. The summed E-state index contributed by atoms with van der Waals surface area (Å²) in [6.45, 7) is 3.44. The topological polar surface area (TPSA) is 95.4 Å². The van der Waals surface area contributed by atoms with Crippen molar-refractivity contribution in [3.8, 4) is 0 Å². The Morgan fingerprint density at radius 1 is 1.40 bits per heavy atom. The Kier molecular flexibility index (Phi) is 3.15. The fourth-order valence-corrected chi connectivity index (χ4v) is 3.91. The van der Waals surface area contributed by atoms with E-state index in [1.807, 2.05) is 6.92 Å². The maximum Gasteiger partial charge on any atom is 0.417 e. The molecule has 1 aromatic carbocycles. The van der Waals surface area contributed by atoms with Gasteiger partial charge < -0.3 is 9.73 Å². The summed E-state index contributed by atoms with van der Waals surface area (Å²) >= 11 is 0. The standard InChI is InChI=1S/C12H15N3O4S/c1-8-7-15(5-4-13-8)20(17,18)9-2-3-11-10(6-9)14-12(16)19-11/h2-3,6,8,13H,4-5,7H2,1H3,(H,14,16). The largest absolute Gasteiger partial charge is 0.417 e. The van der Waals surface area contributed by atoms with Crippen molar-refractivity contribution in [2.45, 2.75) is 17.9 Å². The lowest BCUT2D eigenvalue weighted by atomic mass is 10.3. The molecule has 20 heavy (non-hydrogen) atoms. The molecule has 0 spiro atoms. The summed E-state index contributed by atoms with van der Waals surface area (Å²) in [5.74, 6) is -0.592. The summed E-state index contributed by atoms with van der Waals surface area (Å²) < 4.78 is 31.4. The first-order valence-electron chi connectivity index (χ1n) is 6.33. The van der Waals surface area contributed by atoms with Gasteiger partial charge in [-0.2, -0.15) is 4.31 Å². The normalized spacial score (nSPS) is 21.4. The Labute approximate surface area is 115 Å². The van der Waals surface area contributed by atoms with Gasteiger partial charge >= 0.3 is 5.76 Å². The zero-order valence-electron chi connectivity index (χ0n) is 10.9. The van der Waals surface area contributed by atoms with Gasteiger partial charge in [0.25, 0.3) is 0 Å². The van der Waals surface area contributed by atoms with Crippen LogP contribution in [0.15, 0.2) is 32.3 Å². The summed E-state index contributed by atoms with van der Waals surface area (Å²) in [5.41, 5.74) is 0.738. The van der Waals surface area contributed by atoms with Crippen molar-refractivity contribution in [3.05, 3.63) is 28.7 Å². The van der Waals surface area contributed by atoms with Crippen LogP contribution in [0.1, 0.15) is 6.92 Å². The van der Waals surface area contributed by atoms with Crippen molar-refractivity contribution in [1.29, 1.82) is 0 Å². The number of nitrogens with one attached hydrogen (secondary N) is 2. The number of rotatable bonds is 2. The number of nitrogens with zero attached hydrogens (tertiary/aromatic N) is 1. The first-order chi connectivity index (χ1) is 9.46. The zero-order valence-corrected chi connectivity index (χ0v) is 11.7. The SMILES string of the molecule is CC1CN(S(=O)(=O)c2ccc3oc(=O)[nH]c3c2)CCN1. The van der Waals surface area contributed by atoms with Crippen molar-refractivity contribution in [2.75, 3.05) is 19.6 Å². The Morgan fingerprint density at radius 3 is 2.95 bits per heavy atom. The van der Waals surface area contributed by atoms with E-state index < -0.39 is 15.8 Å².